The van der Waals surface area contributed by atoms with Crippen molar-refractivity contribution in [1.82, 2.24) is 4.90 Å². The van der Waals surface area contributed by atoms with Crippen molar-refractivity contribution < 1.29 is 18.0 Å². The summed E-state index contributed by atoms with van der Waals surface area (Å²) in [5, 5.41) is 0. The Morgan fingerprint density at radius 2 is 1.81 bits per heavy atom. The summed E-state index contributed by atoms with van der Waals surface area (Å²) < 4.78 is 39.3. The van der Waals surface area contributed by atoms with Crippen molar-refractivity contribution in [3.05, 3.63) is 48.0 Å². The summed E-state index contributed by atoms with van der Waals surface area (Å²) in [6.45, 7) is 4.12. The zero-order chi connectivity index (χ0) is 19.4. The van der Waals surface area contributed by atoms with Crippen LogP contribution < -0.4 is 0 Å². The molecule has 1 aromatic carbocycles. The number of hydrogen-bond donors (Lipinski definition) is 0. The molecule has 5 heteroatoms. The molecule has 0 saturated carbocycles. The van der Waals surface area contributed by atoms with Crippen molar-refractivity contribution >= 4 is 5.91 Å². The minimum absolute atomic E-state index is 0.145. The molecule has 0 aromatic heterocycles. The lowest BCUT2D eigenvalue weighted by Crippen LogP contribution is -2.47. The van der Waals surface area contributed by atoms with Crippen molar-refractivity contribution in [2.45, 2.75) is 71.0 Å². The Bertz CT molecular complexity index is 540. The summed E-state index contributed by atoms with van der Waals surface area (Å²) in [5.74, 6) is -1.73. The van der Waals surface area contributed by atoms with Crippen molar-refractivity contribution in [3.63, 3.8) is 0 Å². The molecule has 0 radical (unpaired) electrons. The van der Waals surface area contributed by atoms with Gasteiger partial charge in [0.25, 0.3) is 0 Å². The van der Waals surface area contributed by atoms with E-state index in [-0.39, 0.29) is 6.54 Å². The van der Waals surface area contributed by atoms with Crippen molar-refractivity contribution in [2.75, 3.05) is 6.54 Å². The smallest absolute Gasteiger partial charge is 0.328 e. The summed E-state index contributed by atoms with van der Waals surface area (Å²) in [7, 11) is 0. The molecule has 0 spiro atoms. The zero-order valence-corrected chi connectivity index (χ0v) is 15.8. The molecule has 1 amide bonds. The van der Waals surface area contributed by atoms with Gasteiger partial charge in [-0.2, -0.15) is 13.2 Å². The van der Waals surface area contributed by atoms with Crippen LogP contribution in [0.3, 0.4) is 0 Å². The van der Waals surface area contributed by atoms with Crippen LogP contribution >= 0.6 is 0 Å². The fourth-order valence-electron chi connectivity index (χ4n) is 2.90. The van der Waals surface area contributed by atoms with Crippen LogP contribution in [0, 0.1) is 0 Å². The average molecular weight is 369 g/mol. The quantitative estimate of drug-likeness (QED) is 0.350. The lowest BCUT2D eigenvalue weighted by atomic mass is 10.0. The predicted octanol–water partition coefficient (Wildman–Crippen LogP) is 5.93. The second kappa shape index (κ2) is 11.8. The van der Waals surface area contributed by atoms with E-state index in [1.54, 1.807) is 6.08 Å². The molecule has 0 heterocycles. The van der Waals surface area contributed by atoms with Crippen LogP contribution in [-0.2, 0) is 11.2 Å². The molecule has 0 aliphatic rings. The first kappa shape index (κ1) is 22.3. The van der Waals surface area contributed by atoms with Gasteiger partial charge in [0.15, 0.2) is 0 Å². The lowest BCUT2D eigenvalue weighted by Gasteiger charge is -2.31. The molecule has 1 aromatic rings. The number of aryl methyl sites for hydroxylation is 1. The SMILES string of the molecule is CC/C=C/[C@H](CCc1ccccc1)N(CCCCCC)C(=O)C(F)(F)F. The Hall–Kier alpha value is -1.78. The number of hydrogen-bond acceptors (Lipinski definition) is 1. The van der Waals surface area contributed by atoms with E-state index in [0.29, 0.717) is 19.3 Å². The molecule has 146 valence electrons. The zero-order valence-electron chi connectivity index (χ0n) is 15.8. The second-order valence-corrected chi connectivity index (χ2v) is 6.48. The number of nitrogens with zero attached hydrogens (tertiary/aromatic N) is 1. The molecule has 1 atom stereocenters. The highest BCUT2D eigenvalue weighted by Gasteiger charge is 2.43. The number of alkyl halides is 3. The Morgan fingerprint density at radius 1 is 1.12 bits per heavy atom. The van der Waals surface area contributed by atoms with Gasteiger partial charge in [0.2, 0.25) is 0 Å². The first-order valence-corrected chi connectivity index (χ1v) is 9.48. The van der Waals surface area contributed by atoms with Crippen molar-refractivity contribution in [3.8, 4) is 0 Å². The maximum absolute atomic E-state index is 13.1. The summed E-state index contributed by atoms with van der Waals surface area (Å²) in [4.78, 5) is 13.0. The van der Waals surface area contributed by atoms with Gasteiger partial charge in [0.1, 0.15) is 0 Å². The van der Waals surface area contributed by atoms with Crippen LogP contribution in [0.5, 0.6) is 0 Å². The minimum atomic E-state index is -4.84. The largest absolute Gasteiger partial charge is 0.471 e. The summed E-state index contributed by atoms with van der Waals surface area (Å²) in [6.07, 6.45) is 4.00. The third kappa shape index (κ3) is 8.07. The van der Waals surface area contributed by atoms with E-state index in [9.17, 15) is 18.0 Å². The molecule has 0 fully saturated rings. The standard InChI is InChI=1S/C21H30F3NO/c1-3-5-7-11-17-25(20(26)21(22,23)24)19(14-6-4-2)16-15-18-12-9-8-10-13-18/h6,8-10,12-14,19H,3-5,7,11,15-17H2,1-2H3/b14-6+/t19-/m1/s1. The van der Waals surface area contributed by atoms with Gasteiger partial charge in [-0.1, -0.05) is 75.6 Å². The first-order valence-electron chi connectivity index (χ1n) is 9.48. The Labute approximate surface area is 155 Å². The summed E-state index contributed by atoms with van der Waals surface area (Å²) >= 11 is 0. The van der Waals surface area contributed by atoms with E-state index in [1.165, 1.54) is 0 Å². The topological polar surface area (TPSA) is 20.3 Å². The van der Waals surface area contributed by atoms with Gasteiger partial charge >= 0.3 is 12.1 Å². The van der Waals surface area contributed by atoms with E-state index in [1.807, 2.05) is 50.3 Å². The van der Waals surface area contributed by atoms with Gasteiger partial charge in [-0.05, 0) is 31.2 Å². The fraction of sp³-hybridized carbons (Fsp3) is 0.571. The van der Waals surface area contributed by atoms with E-state index < -0.39 is 18.1 Å². The van der Waals surface area contributed by atoms with Gasteiger partial charge in [-0.25, -0.2) is 0 Å². The molecule has 0 unspecified atom stereocenters. The molecule has 0 saturated heterocycles. The van der Waals surface area contributed by atoms with Crippen LogP contribution in [0.2, 0.25) is 0 Å². The third-order valence-corrected chi connectivity index (χ3v) is 4.32. The van der Waals surface area contributed by atoms with Gasteiger partial charge in [-0.15, -0.1) is 0 Å². The van der Waals surface area contributed by atoms with Crippen molar-refractivity contribution in [2.24, 2.45) is 0 Å². The highest BCUT2D eigenvalue weighted by atomic mass is 19.4. The van der Waals surface area contributed by atoms with E-state index >= 15 is 0 Å². The van der Waals surface area contributed by atoms with Gasteiger partial charge < -0.3 is 4.90 Å². The maximum Gasteiger partial charge on any atom is 0.471 e. The number of carbonyl (C=O) groups is 1. The van der Waals surface area contributed by atoms with Crippen molar-refractivity contribution in [1.29, 1.82) is 0 Å². The number of carbonyl (C=O) groups excluding carboxylic acids is 1. The molecular formula is C21H30F3NO. The number of unbranched alkanes of at least 4 members (excludes halogenated alkanes) is 3. The molecule has 0 aliphatic heterocycles. The second-order valence-electron chi connectivity index (χ2n) is 6.48. The Kier molecular flexibility index (Phi) is 10.1. The third-order valence-electron chi connectivity index (χ3n) is 4.32. The van der Waals surface area contributed by atoms with Crippen LogP contribution in [0.1, 0.15) is 57.9 Å². The maximum atomic E-state index is 13.1. The van der Waals surface area contributed by atoms with Crippen LogP contribution in [0.4, 0.5) is 13.2 Å². The molecule has 0 bridgehead atoms. The Balaban J connectivity index is 2.90. The molecule has 0 N–H and O–H groups in total. The van der Waals surface area contributed by atoms with Gasteiger partial charge in [0.05, 0.1) is 6.04 Å². The molecule has 2 nitrogen and oxygen atoms in total. The van der Waals surface area contributed by atoms with E-state index in [0.717, 1.165) is 36.1 Å². The van der Waals surface area contributed by atoms with Crippen LogP contribution in [0.15, 0.2) is 42.5 Å². The lowest BCUT2D eigenvalue weighted by molar-refractivity contribution is -0.187. The molecule has 26 heavy (non-hydrogen) atoms. The number of allylic oxidation sites excluding steroid dienone is 1. The molecule has 0 aliphatic carbocycles. The van der Waals surface area contributed by atoms with Crippen LogP contribution in [0.25, 0.3) is 0 Å². The fourth-order valence-corrected chi connectivity index (χ4v) is 2.90. The number of benzene rings is 1. The number of rotatable bonds is 11. The highest BCUT2D eigenvalue weighted by molar-refractivity contribution is 5.82. The summed E-state index contributed by atoms with van der Waals surface area (Å²) in [6, 6.07) is 9.11. The van der Waals surface area contributed by atoms with Gasteiger partial charge in [0, 0.05) is 6.54 Å². The summed E-state index contributed by atoms with van der Waals surface area (Å²) in [5.41, 5.74) is 1.06. The monoisotopic (exact) mass is 369 g/mol. The normalized spacial score (nSPS) is 13.1. The van der Waals surface area contributed by atoms with Crippen LogP contribution in [-0.4, -0.2) is 29.6 Å². The first-order chi connectivity index (χ1) is 12.4. The minimum Gasteiger partial charge on any atom is -0.328 e. The average Bonchev–Trinajstić information content (AvgIpc) is 2.62. The van der Waals surface area contributed by atoms with Gasteiger partial charge in [-0.3, -0.25) is 4.79 Å². The van der Waals surface area contributed by atoms with E-state index in [2.05, 4.69) is 0 Å². The highest BCUT2D eigenvalue weighted by Crippen LogP contribution is 2.23. The Morgan fingerprint density at radius 3 is 2.38 bits per heavy atom. The molecular weight excluding hydrogens is 339 g/mol. The molecule has 1 rings (SSSR count). The number of halogens is 3. The predicted molar refractivity (Wildman–Crippen MR) is 99.9 cm³/mol. The number of amides is 1. The van der Waals surface area contributed by atoms with E-state index in [4.69, 9.17) is 0 Å².